The van der Waals surface area contributed by atoms with Crippen LogP contribution in [0.5, 0.6) is 5.75 Å². The van der Waals surface area contributed by atoms with Gasteiger partial charge in [-0.05, 0) is 12.1 Å². The highest BCUT2D eigenvalue weighted by molar-refractivity contribution is 7.92. The van der Waals surface area contributed by atoms with Crippen molar-refractivity contribution in [1.82, 2.24) is 9.97 Å². The lowest BCUT2D eigenvalue weighted by Gasteiger charge is -2.07. The fourth-order valence-corrected chi connectivity index (χ4v) is 2.05. The quantitative estimate of drug-likeness (QED) is 0.775. The minimum Gasteiger partial charge on any atom is -0.488 e. The van der Waals surface area contributed by atoms with Crippen LogP contribution in [0.4, 0.5) is 5.95 Å². The van der Waals surface area contributed by atoms with E-state index in [4.69, 9.17) is 16.3 Å². The second-order valence-corrected chi connectivity index (χ2v) is 5.26. The molecule has 7 nitrogen and oxygen atoms in total. The first kappa shape index (κ1) is 9.69. The number of aromatic nitrogens is 2. The summed E-state index contributed by atoms with van der Waals surface area (Å²) in [6, 6.07) is -3.89. The third kappa shape index (κ3) is 4.40. The fraction of sp³-hybridized carbons (Fsp3) is 0.231. The van der Waals surface area contributed by atoms with Gasteiger partial charge in [0.2, 0.25) is 5.95 Å². The second-order valence-electron chi connectivity index (χ2n) is 3.64. The van der Waals surface area contributed by atoms with Gasteiger partial charge in [-0.1, -0.05) is 18.1 Å². The van der Waals surface area contributed by atoms with Crippen LogP contribution in [-0.4, -0.2) is 38.7 Å². The van der Waals surface area contributed by atoms with Gasteiger partial charge < -0.3 is 9.47 Å². The number of benzene rings is 1. The SMILES string of the molecule is [2H]c1c([2H])c([2H])c(S(=O)(=O)Nc2ncc(OCCOC)cn2)c([2H])c1[2H]. The van der Waals surface area contributed by atoms with Gasteiger partial charge in [0.25, 0.3) is 10.0 Å². The molecule has 0 unspecified atom stereocenters. The number of ether oxygens (including phenoxy) is 2. The first-order valence-electron chi connectivity index (χ1n) is 8.22. The number of hydrogen-bond donors (Lipinski definition) is 1. The third-order valence-corrected chi connectivity index (χ3v) is 3.35. The fourth-order valence-electron chi connectivity index (χ4n) is 1.23. The summed E-state index contributed by atoms with van der Waals surface area (Å²) in [5.41, 5.74) is 0. The maximum absolute atomic E-state index is 12.4. The Morgan fingerprint density at radius 2 is 1.86 bits per heavy atom. The van der Waals surface area contributed by atoms with E-state index in [0.717, 1.165) is 0 Å². The maximum Gasteiger partial charge on any atom is 0.264 e. The lowest BCUT2D eigenvalue weighted by Crippen LogP contribution is -2.15. The number of nitrogens with one attached hydrogen (secondary N) is 1. The molecule has 0 aliphatic rings. The standard InChI is InChI=1S/C13H15N3O4S/c1-19-7-8-20-11-9-14-13(15-10-11)16-21(17,18)12-5-3-2-4-6-12/h2-6,9-10H,7-8H2,1H3,(H,14,15,16)/i2D,3D,4D,5D,6D. The van der Waals surface area contributed by atoms with Crippen molar-refractivity contribution in [3.8, 4) is 5.75 Å². The summed E-state index contributed by atoms with van der Waals surface area (Å²) in [7, 11) is -2.99. The predicted molar refractivity (Wildman–Crippen MR) is 76.7 cm³/mol. The summed E-state index contributed by atoms with van der Waals surface area (Å²) in [4.78, 5) is 6.66. The zero-order valence-corrected chi connectivity index (χ0v) is 11.8. The van der Waals surface area contributed by atoms with Crippen LogP contribution < -0.4 is 9.46 Å². The van der Waals surface area contributed by atoms with E-state index in [1.165, 1.54) is 19.5 Å². The Hall–Kier alpha value is -2.19. The van der Waals surface area contributed by atoms with E-state index in [2.05, 4.69) is 9.97 Å². The largest absolute Gasteiger partial charge is 0.488 e. The Bertz CT molecular complexity index is 880. The number of methoxy groups -OCH3 is 1. The van der Waals surface area contributed by atoms with Crippen molar-refractivity contribution in [2.24, 2.45) is 0 Å². The van der Waals surface area contributed by atoms with Gasteiger partial charge in [0.05, 0.1) is 30.7 Å². The molecule has 0 aliphatic carbocycles. The van der Waals surface area contributed by atoms with E-state index in [9.17, 15) is 8.42 Å². The van der Waals surface area contributed by atoms with Gasteiger partial charge >= 0.3 is 0 Å². The van der Waals surface area contributed by atoms with E-state index in [0.29, 0.717) is 6.61 Å². The number of sulfonamides is 1. The van der Waals surface area contributed by atoms with Gasteiger partial charge in [-0.2, -0.15) is 0 Å². The van der Waals surface area contributed by atoms with Gasteiger partial charge in [0.1, 0.15) is 6.61 Å². The molecule has 0 saturated heterocycles. The van der Waals surface area contributed by atoms with E-state index in [1.54, 1.807) is 0 Å². The van der Waals surface area contributed by atoms with Gasteiger partial charge in [-0.3, -0.25) is 0 Å². The van der Waals surface area contributed by atoms with Gasteiger partial charge in [-0.25, -0.2) is 23.1 Å². The molecule has 1 N–H and O–H groups in total. The Morgan fingerprint density at radius 3 is 2.48 bits per heavy atom. The van der Waals surface area contributed by atoms with Crippen LogP contribution in [0.15, 0.2) is 47.5 Å². The second kappa shape index (κ2) is 7.00. The molecule has 2 rings (SSSR count). The average molecular weight is 314 g/mol. The predicted octanol–water partition coefficient (Wildman–Crippen LogP) is 1.30. The summed E-state index contributed by atoms with van der Waals surface area (Å²) >= 11 is 0. The van der Waals surface area contributed by atoms with Crippen LogP contribution in [0.2, 0.25) is 0 Å². The first-order chi connectivity index (χ1) is 12.2. The minimum atomic E-state index is -4.50. The molecule has 0 saturated carbocycles. The molecule has 0 radical (unpaired) electrons. The lowest BCUT2D eigenvalue weighted by atomic mass is 10.4. The molecule has 0 atom stereocenters. The molecule has 0 spiro atoms. The lowest BCUT2D eigenvalue weighted by molar-refractivity contribution is 0.146. The van der Waals surface area contributed by atoms with Crippen molar-refractivity contribution in [2.75, 3.05) is 25.0 Å². The Balaban J connectivity index is 2.30. The number of hydrogen-bond acceptors (Lipinski definition) is 6. The van der Waals surface area contributed by atoms with Crippen molar-refractivity contribution in [2.45, 2.75) is 4.90 Å². The van der Waals surface area contributed by atoms with Crippen molar-refractivity contribution in [3.63, 3.8) is 0 Å². The molecule has 0 aliphatic heterocycles. The molecule has 21 heavy (non-hydrogen) atoms. The van der Waals surface area contributed by atoms with Crippen molar-refractivity contribution >= 4 is 16.0 Å². The Morgan fingerprint density at radius 1 is 1.19 bits per heavy atom. The van der Waals surface area contributed by atoms with Crippen molar-refractivity contribution in [3.05, 3.63) is 42.6 Å². The maximum atomic E-state index is 12.4. The van der Waals surface area contributed by atoms with Gasteiger partial charge in [-0.15, -0.1) is 0 Å². The summed E-state index contributed by atoms with van der Waals surface area (Å²) in [6.07, 6.45) is 2.45. The van der Waals surface area contributed by atoms with Gasteiger partial charge in [0.15, 0.2) is 5.75 Å². The molecule has 0 fully saturated rings. The van der Waals surface area contributed by atoms with Crippen LogP contribution in [-0.2, 0) is 14.8 Å². The van der Waals surface area contributed by atoms with Crippen LogP contribution in [0.3, 0.4) is 0 Å². The monoisotopic (exact) mass is 314 g/mol. The molecule has 112 valence electrons. The van der Waals surface area contributed by atoms with E-state index < -0.39 is 45.1 Å². The molecule has 8 heteroatoms. The summed E-state index contributed by atoms with van der Waals surface area (Å²) < 4.78 is 75.0. The summed E-state index contributed by atoms with van der Waals surface area (Å²) in [6.45, 7) is 0.608. The average Bonchev–Trinajstić information content (AvgIpc) is 2.59. The number of anilines is 1. The van der Waals surface area contributed by atoms with Crippen molar-refractivity contribution < 1.29 is 24.7 Å². The molecule has 1 heterocycles. The molecule has 1 aromatic carbocycles. The van der Waals surface area contributed by atoms with E-state index >= 15 is 0 Å². The number of rotatable bonds is 7. The number of nitrogens with zero attached hydrogens (tertiary/aromatic N) is 2. The van der Waals surface area contributed by atoms with E-state index in [-0.39, 0.29) is 18.3 Å². The molecule has 0 bridgehead atoms. The minimum absolute atomic E-state index is 0.257. The zero-order chi connectivity index (χ0) is 19.5. The normalized spacial score (nSPS) is 14.4. The Kier molecular flexibility index (Phi) is 3.23. The third-order valence-electron chi connectivity index (χ3n) is 2.16. The van der Waals surface area contributed by atoms with Crippen molar-refractivity contribution in [1.29, 1.82) is 0 Å². The smallest absolute Gasteiger partial charge is 0.264 e. The summed E-state index contributed by atoms with van der Waals surface area (Å²) in [5.74, 6) is -0.0521. The highest BCUT2D eigenvalue weighted by Crippen LogP contribution is 2.14. The molecular weight excluding hydrogens is 294 g/mol. The zero-order valence-electron chi connectivity index (χ0n) is 16.0. The topological polar surface area (TPSA) is 90.4 Å². The highest BCUT2D eigenvalue weighted by atomic mass is 32.2. The van der Waals surface area contributed by atoms with Crippen LogP contribution >= 0.6 is 0 Å². The van der Waals surface area contributed by atoms with Crippen LogP contribution in [0.1, 0.15) is 6.85 Å². The molecule has 2 aromatic rings. The van der Waals surface area contributed by atoms with Gasteiger partial charge in [0, 0.05) is 7.11 Å². The Labute approximate surface area is 130 Å². The molecule has 0 amide bonds. The van der Waals surface area contributed by atoms with Crippen LogP contribution in [0.25, 0.3) is 0 Å². The van der Waals surface area contributed by atoms with E-state index in [1.807, 2.05) is 4.72 Å². The summed E-state index contributed by atoms with van der Waals surface area (Å²) in [5, 5.41) is 0. The molecule has 1 aromatic heterocycles. The van der Waals surface area contributed by atoms with Crippen LogP contribution in [0, 0.1) is 0 Å². The molecular formula is C13H15N3O4S. The first-order valence-corrected chi connectivity index (χ1v) is 7.21. The highest BCUT2D eigenvalue weighted by Gasteiger charge is 2.14.